The molecular weight excluding hydrogens is 453 g/mol. The zero-order chi connectivity index (χ0) is 24.9. The average molecular weight is 480 g/mol. The van der Waals surface area contributed by atoms with E-state index in [2.05, 4.69) is 15.6 Å². The quantitative estimate of drug-likeness (QED) is 0.247. The molecule has 182 valence electrons. The van der Waals surface area contributed by atoms with E-state index in [-0.39, 0.29) is 17.7 Å². The van der Waals surface area contributed by atoms with E-state index in [1.807, 2.05) is 30.5 Å². The Morgan fingerprint density at radius 2 is 2.03 bits per heavy atom. The van der Waals surface area contributed by atoms with Crippen molar-refractivity contribution >= 4 is 34.4 Å². The maximum atomic E-state index is 14.0. The summed E-state index contributed by atoms with van der Waals surface area (Å²) >= 11 is 0. The molecule has 0 fully saturated rings. The minimum absolute atomic E-state index is 0.0438. The molecule has 1 aliphatic rings. The molecule has 0 bridgehead atoms. The molecule has 0 saturated carbocycles. The lowest BCUT2D eigenvalue weighted by Gasteiger charge is -2.22. The summed E-state index contributed by atoms with van der Waals surface area (Å²) in [4.78, 5) is 41.9. The van der Waals surface area contributed by atoms with Crippen LogP contribution in [0.5, 0.6) is 0 Å². The number of para-hydroxylation sites is 1. The van der Waals surface area contributed by atoms with Crippen LogP contribution in [-0.2, 0) is 30.3 Å². The number of methoxy groups -OCH3 is 1. The van der Waals surface area contributed by atoms with Crippen molar-refractivity contribution < 1.29 is 28.2 Å². The number of ether oxygens (including phenoxy) is 2. The fourth-order valence-electron chi connectivity index (χ4n) is 4.38. The fraction of sp³-hybridized carbons (Fsp3) is 0.269. The molecule has 2 heterocycles. The van der Waals surface area contributed by atoms with Gasteiger partial charge in [0, 0.05) is 35.5 Å². The number of hydrogen-bond donors (Lipinski definition) is 3. The van der Waals surface area contributed by atoms with Crippen molar-refractivity contribution in [2.24, 2.45) is 5.92 Å². The Morgan fingerprint density at radius 3 is 2.80 bits per heavy atom. The number of halogens is 1. The molecule has 2 aromatic carbocycles. The minimum Gasteiger partial charge on any atom is -0.466 e. The maximum absolute atomic E-state index is 14.0. The number of aromatic amines is 1. The Labute approximate surface area is 201 Å². The van der Waals surface area contributed by atoms with E-state index in [1.165, 1.54) is 31.5 Å². The third kappa shape index (κ3) is 4.89. The number of amides is 1. The van der Waals surface area contributed by atoms with Crippen LogP contribution in [0.1, 0.15) is 24.0 Å². The molecule has 35 heavy (non-hydrogen) atoms. The van der Waals surface area contributed by atoms with E-state index in [0.717, 1.165) is 16.5 Å². The molecule has 0 aliphatic carbocycles. The van der Waals surface area contributed by atoms with Crippen LogP contribution in [-0.4, -0.2) is 43.1 Å². The summed E-state index contributed by atoms with van der Waals surface area (Å²) in [5.74, 6) is -5.14. The van der Waals surface area contributed by atoms with Gasteiger partial charge in [0.25, 0.3) is 0 Å². The van der Waals surface area contributed by atoms with Gasteiger partial charge >= 0.3 is 11.9 Å². The van der Waals surface area contributed by atoms with E-state index in [0.29, 0.717) is 18.7 Å². The first-order valence-electron chi connectivity index (χ1n) is 11.3. The third-order valence-corrected chi connectivity index (χ3v) is 5.99. The highest BCUT2D eigenvalue weighted by Gasteiger charge is 2.45. The largest absolute Gasteiger partial charge is 0.466 e. The number of carbonyl (C=O) groups is 3. The number of aromatic nitrogens is 1. The van der Waals surface area contributed by atoms with E-state index in [1.54, 1.807) is 6.92 Å². The lowest BCUT2D eigenvalue weighted by Crippen LogP contribution is -2.34. The molecule has 8 nitrogen and oxygen atoms in total. The van der Waals surface area contributed by atoms with Gasteiger partial charge in [-0.05, 0) is 48.7 Å². The van der Waals surface area contributed by atoms with Gasteiger partial charge in [-0.15, -0.1) is 0 Å². The summed E-state index contributed by atoms with van der Waals surface area (Å²) in [7, 11) is 1.19. The number of hydrogen-bond acceptors (Lipinski definition) is 6. The number of nitrogens with one attached hydrogen (secondary N) is 3. The van der Waals surface area contributed by atoms with Crippen molar-refractivity contribution in [2.75, 3.05) is 25.6 Å². The summed E-state index contributed by atoms with van der Waals surface area (Å²) in [6, 6.07) is 11.7. The Balaban J connectivity index is 1.63. The van der Waals surface area contributed by atoms with Gasteiger partial charge in [-0.1, -0.05) is 18.2 Å². The molecule has 0 radical (unpaired) electrons. The molecule has 4 rings (SSSR count). The first-order valence-corrected chi connectivity index (χ1v) is 11.3. The third-order valence-electron chi connectivity index (χ3n) is 5.99. The molecule has 1 aromatic heterocycles. The number of H-pyrrole nitrogens is 1. The van der Waals surface area contributed by atoms with Crippen molar-refractivity contribution in [3.63, 3.8) is 0 Å². The lowest BCUT2D eigenvalue weighted by atomic mass is 9.82. The molecule has 0 unspecified atom stereocenters. The van der Waals surface area contributed by atoms with Crippen molar-refractivity contribution in [3.8, 4) is 0 Å². The van der Waals surface area contributed by atoms with Crippen LogP contribution < -0.4 is 10.6 Å². The molecule has 0 saturated heterocycles. The van der Waals surface area contributed by atoms with Crippen LogP contribution in [0.25, 0.3) is 10.9 Å². The number of esters is 2. The molecule has 1 aliphatic heterocycles. The standard InChI is InChI=1S/C26H26FN3O5/c1-3-35-26(33)23(22-18-12-16(27)8-9-21(18)30-24(22)31)19(25(32)34-2)14-28-11-10-15-13-29-20-7-5-4-6-17(15)20/h4-9,12-14,22-23,28-29H,3,10-11H2,1-2H3,(H,30,31)/b19-14-/t22-,23-/m1/s1. The van der Waals surface area contributed by atoms with Crippen molar-refractivity contribution in [2.45, 2.75) is 19.3 Å². The highest BCUT2D eigenvalue weighted by Crippen LogP contribution is 2.41. The summed E-state index contributed by atoms with van der Waals surface area (Å²) in [5.41, 5.74) is 2.69. The first kappa shape index (κ1) is 24.0. The average Bonchev–Trinajstić information content (AvgIpc) is 3.41. The highest BCUT2D eigenvalue weighted by atomic mass is 19.1. The van der Waals surface area contributed by atoms with E-state index in [4.69, 9.17) is 9.47 Å². The first-order chi connectivity index (χ1) is 16.9. The summed E-state index contributed by atoms with van der Waals surface area (Å²) in [6.45, 7) is 2.11. The zero-order valence-corrected chi connectivity index (χ0v) is 19.4. The second kappa shape index (κ2) is 10.4. The van der Waals surface area contributed by atoms with Gasteiger partial charge in [0.15, 0.2) is 0 Å². The van der Waals surface area contributed by atoms with Gasteiger partial charge < -0.3 is 25.1 Å². The fourth-order valence-corrected chi connectivity index (χ4v) is 4.38. The van der Waals surface area contributed by atoms with Crippen LogP contribution in [0.4, 0.5) is 10.1 Å². The second-order valence-electron chi connectivity index (χ2n) is 8.08. The predicted octanol–water partition coefficient (Wildman–Crippen LogP) is 3.41. The highest BCUT2D eigenvalue weighted by molar-refractivity contribution is 6.08. The van der Waals surface area contributed by atoms with Gasteiger partial charge in [-0.2, -0.15) is 0 Å². The monoisotopic (exact) mass is 479 g/mol. The number of fused-ring (bicyclic) bond motifs is 2. The molecule has 2 atom stereocenters. The summed E-state index contributed by atoms with van der Waals surface area (Å²) < 4.78 is 24.1. The molecule has 0 spiro atoms. The molecule has 3 N–H and O–H groups in total. The van der Waals surface area contributed by atoms with Crippen LogP contribution in [0, 0.1) is 11.7 Å². The van der Waals surface area contributed by atoms with Crippen molar-refractivity contribution in [1.82, 2.24) is 10.3 Å². The minimum atomic E-state index is -1.33. The molecule has 9 heteroatoms. The number of rotatable bonds is 9. The Morgan fingerprint density at radius 1 is 1.23 bits per heavy atom. The Bertz CT molecular complexity index is 1300. The van der Waals surface area contributed by atoms with Gasteiger partial charge in [0.1, 0.15) is 11.7 Å². The van der Waals surface area contributed by atoms with Gasteiger partial charge in [0.2, 0.25) is 5.91 Å². The number of carbonyl (C=O) groups excluding carboxylic acids is 3. The molecule has 3 aromatic rings. The van der Waals surface area contributed by atoms with Gasteiger partial charge in [-0.25, -0.2) is 9.18 Å². The van der Waals surface area contributed by atoms with Crippen molar-refractivity contribution in [3.05, 3.63) is 77.4 Å². The lowest BCUT2D eigenvalue weighted by molar-refractivity contribution is -0.151. The molecule has 1 amide bonds. The second-order valence-corrected chi connectivity index (χ2v) is 8.08. The Hall–Kier alpha value is -4.14. The van der Waals surface area contributed by atoms with E-state index < -0.39 is 35.5 Å². The summed E-state index contributed by atoms with van der Waals surface area (Å²) in [5, 5.41) is 6.81. The maximum Gasteiger partial charge on any atom is 0.336 e. The SMILES string of the molecule is CCOC(=O)[C@H](/C(=C/NCCc1c[nH]c2ccccc12)C(=O)OC)[C@@H]1C(=O)Nc2ccc(F)cc21. The Kier molecular flexibility index (Phi) is 7.14. The van der Waals surface area contributed by atoms with Crippen LogP contribution in [0.2, 0.25) is 0 Å². The number of benzene rings is 2. The zero-order valence-electron chi connectivity index (χ0n) is 19.4. The van der Waals surface area contributed by atoms with E-state index >= 15 is 0 Å². The van der Waals surface area contributed by atoms with Crippen LogP contribution in [0.15, 0.2) is 60.4 Å². The smallest absolute Gasteiger partial charge is 0.336 e. The van der Waals surface area contributed by atoms with Gasteiger partial charge in [0.05, 0.1) is 25.2 Å². The number of anilines is 1. The molecular formula is C26H26FN3O5. The normalized spacial score (nSPS) is 15.9. The van der Waals surface area contributed by atoms with Gasteiger partial charge in [-0.3, -0.25) is 9.59 Å². The van der Waals surface area contributed by atoms with Crippen molar-refractivity contribution in [1.29, 1.82) is 0 Å². The summed E-state index contributed by atoms with van der Waals surface area (Å²) in [6.07, 6.45) is 3.94. The van der Waals surface area contributed by atoms with E-state index in [9.17, 15) is 18.8 Å². The topological polar surface area (TPSA) is 110 Å². The predicted molar refractivity (Wildman–Crippen MR) is 128 cm³/mol. The van der Waals surface area contributed by atoms with Crippen LogP contribution in [0.3, 0.4) is 0 Å². The van der Waals surface area contributed by atoms with Crippen LogP contribution >= 0.6 is 0 Å².